The van der Waals surface area contributed by atoms with Gasteiger partial charge in [-0.3, -0.25) is 0 Å². The summed E-state index contributed by atoms with van der Waals surface area (Å²) in [5.74, 6) is -0.927. The molecule has 2 aromatic heterocycles. The Morgan fingerprint density at radius 2 is 2.44 bits per heavy atom. The van der Waals surface area contributed by atoms with Gasteiger partial charge in [0, 0.05) is 6.54 Å². The summed E-state index contributed by atoms with van der Waals surface area (Å²) in [5, 5.41) is 16.6. The van der Waals surface area contributed by atoms with E-state index in [2.05, 4.69) is 21.7 Å². The smallest absolute Gasteiger partial charge is 0.347 e. The molecule has 6 heteroatoms. The molecule has 2 N–H and O–H groups in total. The summed E-state index contributed by atoms with van der Waals surface area (Å²) < 4.78 is 0. The van der Waals surface area contributed by atoms with Gasteiger partial charge in [0.25, 0.3) is 0 Å². The third-order valence-corrected chi connectivity index (χ3v) is 3.66. The van der Waals surface area contributed by atoms with E-state index in [4.69, 9.17) is 5.11 Å². The van der Waals surface area contributed by atoms with Gasteiger partial charge in [-0.1, -0.05) is 11.3 Å². The van der Waals surface area contributed by atoms with Crippen molar-refractivity contribution < 1.29 is 9.90 Å². The number of carboxylic acids is 1. The topological polar surface area (TPSA) is 62.2 Å². The molecule has 16 heavy (non-hydrogen) atoms. The summed E-state index contributed by atoms with van der Waals surface area (Å²) in [7, 11) is 0. The molecule has 0 spiro atoms. The van der Waals surface area contributed by atoms with Gasteiger partial charge in [-0.05, 0) is 28.8 Å². The molecule has 2 rings (SSSR count). The predicted molar refractivity (Wildman–Crippen MR) is 65.6 cm³/mol. The highest BCUT2D eigenvalue weighted by Crippen LogP contribution is 2.17. The van der Waals surface area contributed by atoms with E-state index >= 15 is 0 Å². The fourth-order valence-corrected chi connectivity index (χ4v) is 2.59. The van der Waals surface area contributed by atoms with Crippen LogP contribution in [0, 0.1) is 0 Å². The Labute approximate surface area is 101 Å². The number of thiophene rings is 1. The highest BCUT2D eigenvalue weighted by atomic mass is 32.1. The van der Waals surface area contributed by atoms with E-state index in [1.165, 1.54) is 11.8 Å². The second-order valence-electron chi connectivity index (χ2n) is 3.14. The number of carboxylic acid groups (broad SMARTS) is 1. The van der Waals surface area contributed by atoms with Crippen molar-refractivity contribution in [3.05, 3.63) is 33.5 Å². The van der Waals surface area contributed by atoms with Crippen LogP contribution in [0.15, 0.2) is 23.0 Å². The van der Waals surface area contributed by atoms with Gasteiger partial charge in [-0.25, -0.2) is 9.78 Å². The fourth-order valence-electron chi connectivity index (χ4n) is 1.20. The van der Waals surface area contributed by atoms with Crippen molar-refractivity contribution in [2.45, 2.75) is 6.42 Å². The number of carbonyl (C=O) groups is 1. The Kier molecular flexibility index (Phi) is 3.53. The van der Waals surface area contributed by atoms with E-state index in [0.29, 0.717) is 5.13 Å². The van der Waals surface area contributed by atoms with Crippen molar-refractivity contribution in [2.24, 2.45) is 0 Å². The van der Waals surface area contributed by atoms with Crippen LogP contribution in [0.1, 0.15) is 15.2 Å². The van der Waals surface area contributed by atoms with Gasteiger partial charge < -0.3 is 10.4 Å². The molecule has 0 aliphatic rings. The Bertz CT molecular complexity index is 465. The first-order valence-electron chi connectivity index (χ1n) is 4.70. The summed E-state index contributed by atoms with van der Waals surface area (Å²) >= 11 is 2.83. The average Bonchev–Trinajstić information content (AvgIpc) is 2.87. The molecule has 0 unspecified atom stereocenters. The first-order chi connectivity index (χ1) is 7.75. The number of nitrogens with zero attached hydrogens (tertiary/aromatic N) is 1. The lowest BCUT2D eigenvalue weighted by Crippen LogP contribution is -2.03. The van der Waals surface area contributed by atoms with Gasteiger partial charge in [0.1, 0.15) is 4.88 Å². The van der Waals surface area contributed by atoms with Crippen molar-refractivity contribution in [2.75, 3.05) is 11.9 Å². The van der Waals surface area contributed by atoms with Crippen LogP contribution in [0.3, 0.4) is 0 Å². The summed E-state index contributed by atoms with van der Waals surface area (Å²) in [6, 6.07) is 2.08. The summed E-state index contributed by atoms with van der Waals surface area (Å²) in [6.45, 7) is 0.767. The van der Waals surface area contributed by atoms with Gasteiger partial charge in [0.2, 0.25) is 0 Å². The van der Waals surface area contributed by atoms with Crippen LogP contribution < -0.4 is 5.32 Å². The Morgan fingerprint density at radius 3 is 3.06 bits per heavy atom. The molecule has 0 saturated heterocycles. The van der Waals surface area contributed by atoms with Gasteiger partial charge in [0.15, 0.2) is 5.13 Å². The second kappa shape index (κ2) is 5.09. The largest absolute Gasteiger partial charge is 0.477 e. The maximum Gasteiger partial charge on any atom is 0.347 e. The number of anilines is 1. The van der Waals surface area contributed by atoms with Crippen LogP contribution in [0.4, 0.5) is 5.13 Å². The number of nitrogens with one attached hydrogen (secondary N) is 1. The SMILES string of the molecule is O=C(O)c1cnc(NCCc2ccsc2)s1. The van der Waals surface area contributed by atoms with Gasteiger partial charge in [-0.15, -0.1) is 0 Å². The van der Waals surface area contributed by atoms with Crippen LogP contribution in [0.2, 0.25) is 0 Å². The van der Waals surface area contributed by atoms with Crippen LogP contribution in [0.25, 0.3) is 0 Å². The highest BCUT2D eigenvalue weighted by Gasteiger charge is 2.07. The molecule has 0 radical (unpaired) electrons. The number of hydrogen-bond acceptors (Lipinski definition) is 5. The molecule has 0 amide bonds. The maximum absolute atomic E-state index is 10.6. The zero-order valence-corrected chi connectivity index (χ0v) is 9.98. The molecule has 0 atom stereocenters. The van der Waals surface area contributed by atoms with Crippen LogP contribution in [-0.4, -0.2) is 22.6 Å². The molecule has 84 valence electrons. The maximum atomic E-state index is 10.6. The Hall–Kier alpha value is -1.40. The van der Waals surface area contributed by atoms with Crippen molar-refractivity contribution in [3.8, 4) is 0 Å². The minimum absolute atomic E-state index is 0.262. The standard InChI is InChI=1S/C10H10N2O2S2/c13-9(14)8-5-12-10(16-8)11-3-1-7-2-4-15-6-7/h2,4-6H,1,3H2,(H,11,12)(H,13,14). The molecule has 2 heterocycles. The zero-order chi connectivity index (χ0) is 11.4. The summed E-state index contributed by atoms with van der Waals surface area (Å²) in [6.07, 6.45) is 2.30. The molecule has 0 aliphatic heterocycles. The number of rotatable bonds is 5. The van der Waals surface area contributed by atoms with E-state index in [9.17, 15) is 4.79 Å². The van der Waals surface area contributed by atoms with E-state index in [0.717, 1.165) is 24.3 Å². The first-order valence-corrected chi connectivity index (χ1v) is 6.45. The van der Waals surface area contributed by atoms with Crippen LogP contribution in [0.5, 0.6) is 0 Å². The zero-order valence-electron chi connectivity index (χ0n) is 8.34. The number of aromatic carboxylic acids is 1. The minimum atomic E-state index is -0.927. The monoisotopic (exact) mass is 254 g/mol. The van der Waals surface area contributed by atoms with Crippen molar-refractivity contribution in [1.29, 1.82) is 0 Å². The van der Waals surface area contributed by atoms with E-state index < -0.39 is 5.97 Å². The Morgan fingerprint density at radius 1 is 1.56 bits per heavy atom. The molecule has 0 aliphatic carbocycles. The molecule has 2 aromatic rings. The van der Waals surface area contributed by atoms with Crippen molar-refractivity contribution in [3.63, 3.8) is 0 Å². The number of aromatic nitrogens is 1. The molecule has 0 fully saturated rings. The quantitative estimate of drug-likeness (QED) is 0.860. The number of thiazole rings is 1. The lowest BCUT2D eigenvalue weighted by Gasteiger charge is -1.99. The average molecular weight is 254 g/mol. The minimum Gasteiger partial charge on any atom is -0.477 e. The molecular formula is C10H10N2O2S2. The Balaban J connectivity index is 1.83. The van der Waals surface area contributed by atoms with Crippen molar-refractivity contribution in [1.82, 2.24) is 4.98 Å². The van der Waals surface area contributed by atoms with E-state index in [1.807, 2.05) is 5.38 Å². The molecular weight excluding hydrogens is 244 g/mol. The lowest BCUT2D eigenvalue weighted by atomic mass is 10.2. The number of hydrogen-bond donors (Lipinski definition) is 2. The molecule has 0 aromatic carbocycles. The molecule has 0 bridgehead atoms. The molecule has 4 nitrogen and oxygen atoms in total. The third kappa shape index (κ3) is 2.80. The lowest BCUT2D eigenvalue weighted by molar-refractivity contribution is 0.0702. The van der Waals surface area contributed by atoms with E-state index in [-0.39, 0.29) is 4.88 Å². The van der Waals surface area contributed by atoms with Crippen molar-refractivity contribution >= 4 is 33.8 Å². The van der Waals surface area contributed by atoms with Gasteiger partial charge in [-0.2, -0.15) is 11.3 Å². The molecule has 0 saturated carbocycles. The second-order valence-corrected chi connectivity index (χ2v) is 4.95. The fraction of sp³-hybridized carbons (Fsp3) is 0.200. The summed E-state index contributed by atoms with van der Waals surface area (Å²) in [4.78, 5) is 14.9. The van der Waals surface area contributed by atoms with Gasteiger partial charge in [0.05, 0.1) is 6.20 Å². The highest BCUT2D eigenvalue weighted by molar-refractivity contribution is 7.17. The summed E-state index contributed by atoms with van der Waals surface area (Å²) in [5.41, 5.74) is 1.28. The normalized spacial score (nSPS) is 10.2. The van der Waals surface area contributed by atoms with Crippen LogP contribution >= 0.6 is 22.7 Å². The third-order valence-electron chi connectivity index (χ3n) is 1.99. The first kappa shape index (κ1) is 11.1. The van der Waals surface area contributed by atoms with Gasteiger partial charge >= 0.3 is 5.97 Å². The predicted octanol–water partition coefficient (Wildman–Crippen LogP) is 2.56. The van der Waals surface area contributed by atoms with E-state index in [1.54, 1.807) is 11.3 Å². The van der Waals surface area contributed by atoms with Crippen LogP contribution in [-0.2, 0) is 6.42 Å².